The summed E-state index contributed by atoms with van der Waals surface area (Å²) in [6, 6.07) is 7.40. The normalized spacial score (nSPS) is 17.6. The van der Waals surface area contributed by atoms with Gasteiger partial charge in [0, 0.05) is 30.3 Å². The molecule has 0 aliphatic carbocycles. The van der Waals surface area contributed by atoms with Gasteiger partial charge >= 0.3 is 6.18 Å². The van der Waals surface area contributed by atoms with Crippen molar-refractivity contribution in [2.45, 2.75) is 31.6 Å². The van der Waals surface area contributed by atoms with Crippen LogP contribution in [0.3, 0.4) is 0 Å². The van der Waals surface area contributed by atoms with Gasteiger partial charge in [-0.05, 0) is 55.3 Å². The monoisotopic (exact) mass is 368 g/mol. The SMILES string of the molecule is Oc1cc(C(F)(F)F)ccc1-c1cc(CNCC2CCCN2)ccc1F. The Morgan fingerprint density at radius 1 is 1.12 bits per heavy atom. The number of hydrogen-bond donors (Lipinski definition) is 3. The van der Waals surface area contributed by atoms with Crippen molar-refractivity contribution in [1.82, 2.24) is 10.6 Å². The van der Waals surface area contributed by atoms with Crippen molar-refractivity contribution in [2.75, 3.05) is 13.1 Å². The number of benzene rings is 2. The Labute approximate surface area is 149 Å². The lowest BCUT2D eigenvalue weighted by Crippen LogP contribution is -2.33. The van der Waals surface area contributed by atoms with E-state index in [0.717, 1.165) is 43.6 Å². The number of halogens is 4. The second kappa shape index (κ2) is 7.63. The van der Waals surface area contributed by atoms with Crippen LogP contribution in [0.4, 0.5) is 17.6 Å². The zero-order valence-electron chi connectivity index (χ0n) is 14.0. The van der Waals surface area contributed by atoms with Crippen molar-refractivity contribution >= 4 is 0 Å². The van der Waals surface area contributed by atoms with Crippen molar-refractivity contribution in [1.29, 1.82) is 0 Å². The predicted molar refractivity (Wildman–Crippen MR) is 91.2 cm³/mol. The Morgan fingerprint density at radius 2 is 1.92 bits per heavy atom. The van der Waals surface area contributed by atoms with E-state index < -0.39 is 23.3 Å². The molecule has 0 radical (unpaired) electrons. The van der Waals surface area contributed by atoms with E-state index in [2.05, 4.69) is 10.6 Å². The molecule has 2 aromatic rings. The van der Waals surface area contributed by atoms with Gasteiger partial charge in [0.25, 0.3) is 0 Å². The molecule has 26 heavy (non-hydrogen) atoms. The lowest BCUT2D eigenvalue weighted by molar-refractivity contribution is -0.137. The molecule has 3 nitrogen and oxygen atoms in total. The smallest absolute Gasteiger partial charge is 0.416 e. The summed E-state index contributed by atoms with van der Waals surface area (Å²) >= 11 is 0. The van der Waals surface area contributed by atoms with Gasteiger partial charge in [-0.15, -0.1) is 0 Å². The van der Waals surface area contributed by atoms with E-state index in [-0.39, 0.29) is 11.1 Å². The van der Waals surface area contributed by atoms with Gasteiger partial charge in [0.05, 0.1) is 5.56 Å². The fraction of sp³-hybridized carbons (Fsp3) is 0.368. The fourth-order valence-corrected chi connectivity index (χ4v) is 3.15. The first kappa shape index (κ1) is 18.7. The number of nitrogens with one attached hydrogen (secondary N) is 2. The number of phenolic OH excluding ortho intramolecular Hbond substituents is 1. The number of phenols is 1. The highest BCUT2D eigenvalue weighted by Gasteiger charge is 2.31. The van der Waals surface area contributed by atoms with Gasteiger partial charge in [-0.2, -0.15) is 13.2 Å². The van der Waals surface area contributed by atoms with E-state index in [9.17, 15) is 22.7 Å². The molecule has 1 fully saturated rings. The largest absolute Gasteiger partial charge is 0.507 e. The third-order valence-electron chi connectivity index (χ3n) is 4.53. The Bertz CT molecular complexity index is 771. The third kappa shape index (κ3) is 4.34. The summed E-state index contributed by atoms with van der Waals surface area (Å²) in [6.45, 7) is 2.31. The van der Waals surface area contributed by atoms with Gasteiger partial charge in [0.1, 0.15) is 11.6 Å². The average molecular weight is 368 g/mol. The van der Waals surface area contributed by atoms with Gasteiger partial charge in [-0.1, -0.05) is 6.07 Å². The maximum Gasteiger partial charge on any atom is 0.416 e. The summed E-state index contributed by atoms with van der Waals surface area (Å²) in [6.07, 6.45) is -2.30. The number of rotatable bonds is 5. The summed E-state index contributed by atoms with van der Waals surface area (Å²) in [4.78, 5) is 0. The summed E-state index contributed by atoms with van der Waals surface area (Å²) in [5.41, 5.74) is -0.0657. The molecular weight excluding hydrogens is 348 g/mol. The molecule has 140 valence electrons. The molecule has 2 aromatic carbocycles. The second-order valence-electron chi connectivity index (χ2n) is 6.47. The van der Waals surface area contributed by atoms with Crippen LogP contribution in [0.25, 0.3) is 11.1 Å². The third-order valence-corrected chi connectivity index (χ3v) is 4.53. The molecule has 0 bridgehead atoms. The number of aromatic hydroxyl groups is 1. The molecule has 1 unspecified atom stereocenters. The number of hydrogen-bond acceptors (Lipinski definition) is 3. The molecule has 1 aliphatic heterocycles. The molecule has 7 heteroatoms. The minimum absolute atomic E-state index is 0.0369. The minimum Gasteiger partial charge on any atom is -0.507 e. The van der Waals surface area contributed by atoms with E-state index >= 15 is 0 Å². The van der Waals surface area contributed by atoms with Crippen LogP contribution < -0.4 is 10.6 Å². The highest BCUT2D eigenvalue weighted by Crippen LogP contribution is 2.37. The van der Waals surface area contributed by atoms with Crippen LogP contribution in [0.5, 0.6) is 5.75 Å². The predicted octanol–water partition coefficient (Wildman–Crippen LogP) is 4.06. The fourth-order valence-electron chi connectivity index (χ4n) is 3.15. The van der Waals surface area contributed by atoms with E-state index in [1.807, 2.05) is 0 Å². The lowest BCUT2D eigenvalue weighted by atomic mass is 9.99. The van der Waals surface area contributed by atoms with Crippen LogP contribution in [0.15, 0.2) is 36.4 Å². The molecule has 0 spiro atoms. The molecule has 1 aliphatic rings. The lowest BCUT2D eigenvalue weighted by Gasteiger charge is -2.14. The first-order valence-electron chi connectivity index (χ1n) is 8.47. The van der Waals surface area contributed by atoms with E-state index in [1.54, 1.807) is 12.1 Å². The Balaban J connectivity index is 1.77. The van der Waals surface area contributed by atoms with Crippen molar-refractivity contribution < 1.29 is 22.7 Å². The van der Waals surface area contributed by atoms with Crippen molar-refractivity contribution in [2.24, 2.45) is 0 Å². The highest BCUT2D eigenvalue weighted by atomic mass is 19.4. The van der Waals surface area contributed by atoms with Crippen LogP contribution >= 0.6 is 0 Å². The molecule has 1 heterocycles. The van der Waals surface area contributed by atoms with E-state index in [4.69, 9.17) is 0 Å². The average Bonchev–Trinajstić information content (AvgIpc) is 3.09. The van der Waals surface area contributed by atoms with Crippen LogP contribution in [0, 0.1) is 5.82 Å². The summed E-state index contributed by atoms with van der Waals surface area (Å²) < 4.78 is 52.3. The first-order valence-corrected chi connectivity index (χ1v) is 8.47. The standard InChI is InChI=1S/C19H20F4N2O/c20-17-6-3-12(10-24-11-14-2-1-7-25-14)8-16(17)15-5-4-13(9-18(15)26)19(21,22)23/h3-6,8-9,14,24-26H,1-2,7,10-11H2. The van der Waals surface area contributed by atoms with Crippen LogP contribution in [-0.2, 0) is 12.7 Å². The Kier molecular flexibility index (Phi) is 5.48. The Morgan fingerprint density at radius 3 is 2.58 bits per heavy atom. The van der Waals surface area contributed by atoms with Gasteiger partial charge in [-0.3, -0.25) is 0 Å². The van der Waals surface area contributed by atoms with Crippen molar-refractivity contribution in [3.05, 3.63) is 53.3 Å². The minimum atomic E-state index is -4.56. The van der Waals surface area contributed by atoms with Gasteiger partial charge in [0.2, 0.25) is 0 Å². The van der Waals surface area contributed by atoms with Gasteiger partial charge < -0.3 is 15.7 Å². The van der Waals surface area contributed by atoms with Crippen molar-refractivity contribution in [3.8, 4) is 16.9 Å². The highest BCUT2D eigenvalue weighted by molar-refractivity contribution is 5.71. The molecule has 0 saturated carbocycles. The second-order valence-corrected chi connectivity index (χ2v) is 6.47. The summed E-state index contributed by atoms with van der Waals surface area (Å²) in [5.74, 6) is -1.19. The first-order chi connectivity index (χ1) is 12.3. The summed E-state index contributed by atoms with van der Waals surface area (Å²) in [5, 5.41) is 16.6. The molecular formula is C19H20F4N2O. The zero-order valence-corrected chi connectivity index (χ0v) is 14.0. The molecule has 0 amide bonds. The van der Waals surface area contributed by atoms with E-state index in [0.29, 0.717) is 18.7 Å². The molecule has 3 N–H and O–H groups in total. The summed E-state index contributed by atoms with van der Waals surface area (Å²) in [7, 11) is 0. The van der Waals surface area contributed by atoms with Gasteiger partial charge in [-0.25, -0.2) is 4.39 Å². The van der Waals surface area contributed by atoms with Crippen LogP contribution in [-0.4, -0.2) is 24.2 Å². The van der Waals surface area contributed by atoms with Crippen LogP contribution in [0.2, 0.25) is 0 Å². The molecule has 0 aromatic heterocycles. The van der Waals surface area contributed by atoms with Gasteiger partial charge in [0.15, 0.2) is 0 Å². The molecule has 1 saturated heterocycles. The van der Waals surface area contributed by atoms with E-state index in [1.165, 1.54) is 6.07 Å². The molecule has 3 rings (SSSR count). The maximum atomic E-state index is 14.2. The van der Waals surface area contributed by atoms with Crippen LogP contribution in [0.1, 0.15) is 24.0 Å². The molecule has 1 atom stereocenters. The van der Waals surface area contributed by atoms with Crippen molar-refractivity contribution in [3.63, 3.8) is 0 Å². The topological polar surface area (TPSA) is 44.3 Å². The zero-order chi connectivity index (χ0) is 18.7. The quantitative estimate of drug-likeness (QED) is 0.698. The maximum absolute atomic E-state index is 14.2. The number of alkyl halides is 3. The Hall–Kier alpha value is -2.12.